The Kier molecular flexibility index (Phi) is 7.02. The summed E-state index contributed by atoms with van der Waals surface area (Å²) in [5.74, 6) is -1.77. The van der Waals surface area contributed by atoms with Crippen molar-refractivity contribution in [3.05, 3.63) is 53.1 Å². The van der Waals surface area contributed by atoms with E-state index < -0.39 is 24.0 Å². The molecule has 8 heteroatoms. The van der Waals surface area contributed by atoms with Gasteiger partial charge in [-0.1, -0.05) is 0 Å². The molecule has 1 heterocycles. The van der Waals surface area contributed by atoms with Crippen LogP contribution in [0.3, 0.4) is 0 Å². The van der Waals surface area contributed by atoms with E-state index >= 15 is 0 Å². The number of esters is 1. The maximum atomic E-state index is 13.2. The first-order valence-corrected chi connectivity index (χ1v) is 9.56. The fourth-order valence-electron chi connectivity index (χ4n) is 3.03. The van der Waals surface area contributed by atoms with E-state index in [4.69, 9.17) is 4.74 Å². The lowest BCUT2D eigenvalue weighted by Crippen LogP contribution is -2.46. The number of hydrogen-bond donors (Lipinski definition) is 1. The number of carbonyl (C=O) groups excluding carboxylic acids is 3. The number of likely N-dealkylation sites (N-methyl/N-ethyl adjacent to an activating group) is 1. The summed E-state index contributed by atoms with van der Waals surface area (Å²) in [6.45, 7) is 8.49. The van der Waals surface area contributed by atoms with Crippen molar-refractivity contribution >= 4 is 17.8 Å². The second-order valence-corrected chi connectivity index (χ2v) is 8.22. The molecule has 0 aliphatic carbocycles. The van der Waals surface area contributed by atoms with Crippen LogP contribution in [0, 0.1) is 19.7 Å². The second-order valence-electron chi connectivity index (χ2n) is 8.22. The van der Waals surface area contributed by atoms with Gasteiger partial charge in [0, 0.05) is 29.7 Å². The van der Waals surface area contributed by atoms with Gasteiger partial charge in [-0.15, -0.1) is 0 Å². The Bertz CT molecular complexity index is 943. The van der Waals surface area contributed by atoms with Gasteiger partial charge >= 0.3 is 5.97 Å². The van der Waals surface area contributed by atoms with Crippen LogP contribution in [0.4, 0.5) is 4.39 Å². The van der Waals surface area contributed by atoms with Crippen LogP contribution < -0.4 is 5.32 Å². The third-order valence-corrected chi connectivity index (χ3v) is 4.38. The van der Waals surface area contributed by atoms with Crippen LogP contribution in [0.25, 0.3) is 5.69 Å². The number of rotatable bonds is 6. The number of carbonyl (C=O) groups is 3. The minimum absolute atomic E-state index is 0.132. The van der Waals surface area contributed by atoms with Gasteiger partial charge in [0.25, 0.3) is 5.91 Å². The third kappa shape index (κ3) is 5.92. The number of amides is 2. The van der Waals surface area contributed by atoms with Gasteiger partial charge < -0.3 is 19.5 Å². The van der Waals surface area contributed by atoms with Crippen molar-refractivity contribution in [2.75, 3.05) is 20.2 Å². The van der Waals surface area contributed by atoms with Crippen LogP contribution in [0.2, 0.25) is 0 Å². The number of halogens is 1. The molecule has 0 saturated heterocycles. The van der Waals surface area contributed by atoms with Crippen LogP contribution in [-0.4, -0.2) is 53.0 Å². The molecule has 7 nitrogen and oxygen atoms in total. The number of ether oxygens (including phenoxy) is 1. The number of aromatic nitrogens is 1. The predicted molar refractivity (Wildman–Crippen MR) is 111 cm³/mol. The first kappa shape index (κ1) is 23.1. The largest absolute Gasteiger partial charge is 0.452 e. The van der Waals surface area contributed by atoms with E-state index in [1.165, 1.54) is 24.1 Å². The molecule has 0 saturated carbocycles. The van der Waals surface area contributed by atoms with Crippen molar-refractivity contribution in [3.63, 3.8) is 0 Å². The topological polar surface area (TPSA) is 80.6 Å². The maximum absolute atomic E-state index is 13.2. The maximum Gasteiger partial charge on any atom is 0.340 e. The van der Waals surface area contributed by atoms with Crippen molar-refractivity contribution in [1.29, 1.82) is 0 Å². The van der Waals surface area contributed by atoms with E-state index in [0.717, 1.165) is 5.69 Å². The summed E-state index contributed by atoms with van der Waals surface area (Å²) in [7, 11) is 1.47. The van der Waals surface area contributed by atoms with Crippen LogP contribution in [-0.2, 0) is 14.3 Å². The van der Waals surface area contributed by atoms with E-state index in [1.54, 1.807) is 29.7 Å². The molecular formula is C22H28FN3O4. The van der Waals surface area contributed by atoms with Crippen molar-refractivity contribution in [1.82, 2.24) is 14.8 Å². The zero-order chi connectivity index (χ0) is 22.6. The molecule has 2 aromatic rings. The van der Waals surface area contributed by atoms with Gasteiger partial charge in [-0.05, 0) is 65.0 Å². The summed E-state index contributed by atoms with van der Waals surface area (Å²) in [5.41, 5.74) is 2.02. The van der Waals surface area contributed by atoms with Gasteiger partial charge in [0.1, 0.15) is 5.82 Å². The summed E-state index contributed by atoms with van der Waals surface area (Å²) < 4.78 is 20.2. The average molecular weight is 417 g/mol. The zero-order valence-corrected chi connectivity index (χ0v) is 18.2. The third-order valence-electron chi connectivity index (χ3n) is 4.38. The molecule has 0 aliphatic rings. The molecule has 0 unspecified atom stereocenters. The van der Waals surface area contributed by atoms with Crippen LogP contribution in [0.15, 0.2) is 30.3 Å². The van der Waals surface area contributed by atoms with E-state index in [2.05, 4.69) is 5.32 Å². The monoisotopic (exact) mass is 417 g/mol. The summed E-state index contributed by atoms with van der Waals surface area (Å²) >= 11 is 0. The van der Waals surface area contributed by atoms with Gasteiger partial charge in [0.15, 0.2) is 6.61 Å². The molecule has 0 spiro atoms. The van der Waals surface area contributed by atoms with Gasteiger partial charge in [-0.25, -0.2) is 9.18 Å². The van der Waals surface area contributed by atoms with E-state index in [0.29, 0.717) is 16.9 Å². The Hall–Kier alpha value is -3.16. The molecular weight excluding hydrogens is 389 g/mol. The van der Waals surface area contributed by atoms with Crippen molar-refractivity contribution in [2.45, 2.75) is 40.2 Å². The number of benzene rings is 1. The van der Waals surface area contributed by atoms with Crippen molar-refractivity contribution in [3.8, 4) is 5.69 Å². The molecule has 0 fully saturated rings. The van der Waals surface area contributed by atoms with Gasteiger partial charge in [0.05, 0.1) is 12.1 Å². The highest BCUT2D eigenvalue weighted by Gasteiger charge is 2.21. The van der Waals surface area contributed by atoms with Crippen LogP contribution >= 0.6 is 0 Å². The number of aryl methyl sites for hydroxylation is 1. The molecule has 1 aromatic carbocycles. The summed E-state index contributed by atoms with van der Waals surface area (Å²) in [4.78, 5) is 37.9. The number of nitrogens with one attached hydrogen (secondary N) is 1. The number of nitrogens with zero attached hydrogens (tertiary/aromatic N) is 2. The predicted octanol–water partition coefficient (Wildman–Crippen LogP) is 2.76. The Morgan fingerprint density at radius 1 is 1.13 bits per heavy atom. The van der Waals surface area contributed by atoms with E-state index in [-0.39, 0.29) is 18.3 Å². The lowest BCUT2D eigenvalue weighted by Gasteiger charge is -2.23. The Balaban J connectivity index is 2.01. The van der Waals surface area contributed by atoms with Crippen molar-refractivity contribution in [2.24, 2.45) is 0 Å². The first-order valence-electron chi connectivity index (χ1n) is 9.56. The fraction of sp³-hybridized carbons (Fsp3) is 0.409. The number of hydrogen-bond acceptors (Lipinski definition) is 4. The molecule has 1 N–H and O–H groups in total. The highest BCUT2D eigenvalue weighted by molar-refractivity contribution is 5.93. The normalized spacial score (nSPS) is 11.2. The first-order chi connectivity index (χ1) is 13.9. The second kappa shape index (κ2) is 9.11. The molecule has 0 atom stereocenters. The summed E-state index contributed by atoms with van der Waals surface area (Å²) in [6.07, 6.45) is 0. The lowest BCUT2D eigenvalue weighted by molar-refractivity contribution is -0.137. The molecule has 0 bridgehead atoms. The Labute approximate surface area is 175 Å². The fourth-order valence-corrected chi connectivity index (χ4v) is 3.03. The van der Waals surface area contributed by atoms with Gasteiger partial charge in [-0.3, -0.25) is 9.59 Å². The quantitative estimate of drug-likeness (QED) is 0.733. The SMILES string of the molecule is Cc1cc(C(=O)OCC(=O)N(C)CC(=O)NC(C)(C)C)c(C)n1-c1ccc(F)cc1. The standard InChI is InChI=1S/C22H28FN3O4/c1-14-11-18(15(2)26(14)17-9-7-16(23)8-10-17)21(29)30-13-20(28)25(6)12-19(27)24-22(3,4)5/h7-11H,12-13H2,1-6H3,(H,24,27). The minimum Gasteiger partial charge on any atom is -0.452 e. The molecule has 30 heavy (non-hydrogen) atoms. The molecule has 2 amide bonds. The van der Waals surface area contributed by atoms with Crippen LogP contribution in [0.1, 0.15) is 42.5 Å². The molecule has 0 aliphatic heterocycles. The summed E-state index contributed by atoms with van der Waals surface area (Å²) in [5, 5.41) is 2.76. The van der Waals surface area contributed by atoms with Crippen LogP contribution in [0.5, 0.6) is 0 Å². The zero-order valence-electron chi connectivity index (χ0n) is 18.2. The molecule has 162 valence electrons. The highest BCUT2D eigenvalue weighted by atomic mass is 19.1. The van der Waals surface area contributed by atoms with Crippen molar-refractivity contribution < 1.29 is 23.5 Å². The minimum atomic E-state index is -0.641. The average Bonchev–Trinajstić information content (AvgIpc) is 2.93. The van der Waals surface area contributed by atoms with E-state index in [1.807, 2.05) is 27.7 Å². The smallest absolute Gasteiger partial charge is 0.340 e. The summed E-state index contributed by atoms with van der Waals surface area (Å²) in [6, 6.07) is 7.58. The van der Waals surface area contributed by atoms with Gasteiger partial charge in [-0.2, -0.15) is 0 Å². The Morgan fingerprint density at radius 2 is 1.73 bits per heavy atom. The molecule has 0 radical (unpaired) electrons. The van der Waals surface area contributed by atoms with E-state index in [9.17, 15) is 18.8 Å². The highest BCUT2D eigenvalue weighted by Crippen LogP contribution is 2.21. The molecule has 2 rings (SSSR count). The molecule has 1 aromatic heterocycles. The Morgan fingerprint density at radius 3 is 2.30 bits per heavy atom. The van der Waals surface area contributed by atoms with Gasteiger partial charge in [0.2, 0.25) is 5.91 Å². The lowest BCUT2D eigenvalue weighted by atomic mass is 10.1.